The number of nitrogens with one attached hydrogen (secondary N) is 1. The van der Waals surface area contributed by atoms with Gasteiger partial charge in [-0.05, 0) is 19.1 Å². The first-order valence-electron chi connectivity index (χ1n) is 6.03. The molecular weight excluding hydrogens is 294 g/mol. The second-order valence-electron chi connectivity index (χ2n) is 4.18. The SMILES string of the molecule is COC(=O)c1ccc([N+](=O)[O-])c(NCc2cnc(C)s2)c1. The maximum absolute atomic E-state index is 11.5. The van der Waals surface area contributed by atoms with Crippen molar-refractivity contribution in [3.8, 4) is 0 Å². The molecule has 0 aliphatic heterocycles. The highest BCUT2D eigenvalue weighted by atomic mass is 32.1. The Bertz CT molecular complexity index is 684. The molecule has 0 atom stereocenters. The molecule has 1 aromatic heterocycles. The number of anilines is 1. The topological polar surface area (TPSA) is 94.4 Å². The van der Waals surface area contributed by atoms with Gasteiger partial charge in [-0.3, -0.25) is 10.1 Å². The summed E-state index contributed by atoms with van der Waals surface area (Å²) in [6.45, 7) is 2.28. The van der Waals surface area contributed by atoms with Crippen LogP contribution in [0.15, 0.2) is 24.4 Å². The molecular formula is C13H13N3O4S. The molecule has 2 aromatic rings. The van der Waals surface area contributed by atoms with E-state index in [1.165, 1.54) is 36.6 Å². The molecule has 0 spiro atoms. The lowest BCUT2D eigenvalue weighted by molar-refractivity contribution is -0.384. The van der Waals surface area contributed by atoms with Crippen molar-refractivity contribution in [3.05, 3.63) is 50.0 Å². The lowest BCUT2D eigenvalue weighted by atomic mass is 10.1. The molecule has 21 heavy (non-hydrogen) atoms. The quantitative estimate of drug-likeness (QED) is 0.518. The fourth-order valence-corrected chi connectivity index (χ4v) is 2.49. The Morgan fingerprint density at radius 2 is 2.29 bits per heavy atom. The Morgan fingerprint density at radius 3 is 2.86 bits per heavy atom. The van der Waals surface area contributed by atoms with E-state index in [1.54, 1.807) is 6.20 Å². The van der Waals surface area contributed by atoms with Gasteiger partial charge in [0.15, 0.2) is 0 Å². The smallest absolute Gasteiger partial charge is 0.337 e. The molecule has 1 heterocycles. The highest BCUT2D eigenvalue weighted by molar-refractivity contribution is 7.11. The van der Waals surface area contributed by atoms with Gasteiger partial charge in [-0.1, -0.05) is 0 Å². The van der Waals surface area contributed by atoms with Crippen LogP contribution in [0.2, 0.25) is 0 Å². The van der Waals surface area contributed by atoms with E-state index in [0.29, 0.717) is 6.54 Å². The number of methoxy groups -OCH3 is 1. The zero-order valence-corrected chi connectivity index (χ0v) is 12.3. The van der Waals surface area contributed by atoms with E-state index in [1.807, 2.05) is 6.92 Å². The molecule has 0 unspecified atom stereocenters. The van der Waals surface area contributed by atoms with Crippen molar-refractivity contribution in [3.63, 3.8) is 0 Å². The lowest BCUT2D eigenvalue weighted by Gasteiger charge is -2.07. The number of nitrogens with zero attached hydrogens (tertiary/aromatic N) is 2. The number of ether oxygens (including phenoxy) is 1. The van der Waals surface area contributed by atoms with Gasteiger partial charge in [0, 0.05) is 17.1 Å². The molecule has 0 amide bonds. The summed E-state index contributed by atoms with van der Waals surface area (Å²) in [4.78, 5) is 27.1. The molecule has 0 bridgehead atoms. The van der Waals surface area contributed by atoms with E-state index in [2.05, 4.69) is 15.0 Å². The molecule has 0 saturated heterocycles. The van der Waals surface area contributed by atoms with Gasteiger partial charge < -0.3 is 10.1 Å². The first kappa shape index (κ1) is 14.9. The fraction of sp³-hybridized carbons (Fsp3) is 0.231. The zero-order chi connectivity index (χ0) is 15.4. The van der Waals surface area contributed by atoms with Gasteiger partial charge in [0.25, 0.3) is 5.69 Å². The van der Waals surface area contributed by atoms with E-state index >= 15 is 0 Å². The number of thiazole rings is 1. The molecule has 0 aliphatic rings. The number of aryl methyl sites for hydroxylation is 1. The van der Waals surface area contributed by atoms with Gasteiger partial charge >= 0.3 is 5.97 Å². The van der Waals surface area contributed by atoms with Crippen LogP contribution >= 0.6 is 11.3 Å². The standard InChI is InChI=1S/C13H13N3O4S/c1-8-14-6-10(21-8)7-15-11-5-9(13(17)20-2)3-4-12(11)16(18)19/h3-6,15H,7H2,1-2H3. The Morgan fingerprint density at radius 1 is 1.52 bits per heavy atom. The summed E-state index contributed by atoms with van der Waals surface area (Å²) in [7, 11) is 1.26. The van der Waals surface area contributed by atoms with Crippen LogP contribution in [-0.4, -0.2) is 23.0 Å². The minimum absolute atomic E-state index is 0.0936. The van der Waals surface area contributed by atoms with Crippen molar-refractivity contribution in [1.82, 2.24) is 4.98 Å². The maximum Gasteiger partial charge on any atom is 0.337 e. The fourth-order valence-electron chi connectivity index (χ4n) is 1.75. The van der Waals surface area contributed by atoms with Crippen LogP contribution in [0.5, 0.6) is 0 Å². The van der Waals surface area contributed by atoms with E-state index in [0.717, 1.165) is 9.88 Å². The number of hydrogen-bond acceptors (Lipinski definition) is 7. The van der Waals surface area contributed by atoms with Gasteiger partial charge in [0.05, 0.1) is 29.1 Å². The Hall–Kier alpha value is -2.48. The molecule has 0 fully saturated rings. The van der Waals surface area contributed by atoms with Gasteiger partial charge in [0.1, 0.15) is 5.69 Å². The van der Waals surface area contributed by atoms with Crippen LogP contribution in [0.4, 0.5) is 11.4 Å². The van der Waals surface area contributed by atoms with Crippen LogP contribution in [0.25, 0.3) is 0 Å². The average Bonchev–Trinajstić information content (AvgIpc) is 2.89. The minimum Gasteiger partial charge on any atom is -0.465 e. The van der Waals surface area contributed by atoms with E-state index in [4.69, 9.17) is 0 Å². The summed E-state index contributed by atoms with van der Waals surface area (Å²) in [5, 5.41) is 14.9. The average molecular weight is 307 g/mol. The van der Waals surface area contributed by atoms with E-state index in [9.17, 15) is 14.9 Å². The predicted molar refractivity (Wildman–Crippen MR) is 78.6 cm³/mol. The monoisotopic (exact) mass is 307 g/mol. The van der Waals surface area contributed by atoms with Crippen molar-refractivity contribution in [2.24, 2.45) is 0 Å². The normalized spacial score (nSPS) is 10.2. The van der Waals surface area contributed by atoms with E-state index < -0.39 is 10.9 Å². The van der Waals surface area contributed by atoms with Crippen LogP contribution in [0, 0.1) is 17.0 Å². The predicted octanol–water partition coefficient (Wildman–Crippen LogP) is 2.76. The van der Waals surface area contributed by atoms with Gasteiger partial charge in [0.2, 0.25) is 0 Å². The first-order valence-corrected chi connectivity index (χ1v) is 6.85. The number of nitro groups is 1. The third-order valence-electron chi connectivity index (χ3n) is 2.74. The zero-order valence-electron chi connectivity index (χ0n) is 11.5. The Balaban J connectivity index is 2.25. The molecule has 7 nitrogen and oxygen atoms in total. The molecule has 0 saturated carbocycles. The number of rotatable bonds is 5. The molecule has 110 valence electrons. The summed E-state index contributed by atoms with van der Waals surface area (Å²) in [5.41, 5.74) is 0.434. The largest absolute Gasteiger partial charge is 0.465 e. The highest BCUT2D eigenvalue weighted by Gasteiger charge is 2.17. The first-order chi connectivity index (χ1) is 10.0. The third kappa shape index (κ3) is 3.54. The Labute approximate surface area is 124 Å². The van der Waals surface area contributed by atoms with Gasteiger partial charge in [-0.25, -0.2) is 9.78 Å². The summed E-state index contributed by atoms with van der Waals surface area (Å²) < 4.78 is 4.61. The van der Waals surface area contributed by atoms with Crippen molar-refractivity contribution < 1.29 is 14.5 Å². The molecule has 1 N–H and O–H groups in total. The summed E-state index contributed by atoms with van der Waals surface area (Å²) in [6.07, 6.45) is 1.71. The molecule has 2 rings (SSSR count). The van der Waals surface area contributed by atoms with E-state index in [-0.39, 0.29) is 16.9 Å². The molecule has 0 aliphatic carbocycles. The second kappa shape index (κ2) is 6.31. The number of carbonyl (C=O) groups excluding carboxylic acids is 1. The number of esters is 1. The Kier molecular flexibility index (Phi) is 4.49. The summed E-state index contributed by atoms with van der Waals surface area (Å²) in [5.74, 6) is -0.540. The third-order valence-corrected chi connectivity index (χ3v) is 3.65. The van der Waals surface area contributed by atoms with Crippen molar-refractivity contribution in [2.45, 2.75) is 13.5 Å². The van der Waals surface area contributed by atoms with Gasteiger partial charge in [-0.2, -0.15) is 0 Å². The van der Waals surface area contributed by atoms with Crippen LogP contribution in [0.3, 0.4) is 0 Å². The van der Waals surface area contributed by atoms with Crippen LogP contribution in [-0.2, 0) is 11.3 Å². The highest BCUT2D eigenvalue weighted by Crippen LogP contribution is 2.27. The molecule has 0 radical (unpaired) electrons. The summed E-state index contributed by atoms with van der Waals surface area (Å²) >= 11 is 1.50. The molecule has 8 heteroatoms. The number of hydrogen-bond donors (Lipinski definition) is 1. The lowest BCUT2D eigenvalue weighted by Crippen LogP contribution is -2.06. The number of carbonyl (C=O) groups is 1. The van der Waals surface area contributed by atoms with Gasteiger partial charge in [-0.15, -0.1) is 11.3 Å². The maximum atomic E-state index is 11.5. The minimum atomic E-state index is -0.540. The van der Waals surface area contributed by atoms with Crippen molar-refractivity contribution in [1.29, 1.82) is 0 Å². The number of nitro benzene ring substituents is 1. The van der Waals surface area contributed by atoms with Crippen LogP contribution < -0.4 is 5.32 Å². The van der Waals surface area contributed by atoms with Crippen molar-refractivity contribution >= 4 is 28.7 Å². The molecule has 1 aromatic carbocycles. The second-order valence-corrected chi connectivity index (χ2v) is 5.50. The van der Waals surface area contributed by atoms with Crippen molar-refractivity contribution in [2.75, 3.05) is 12.4 Å². The number of aromatic nitrogens is 1. The summed E-state index contributed by atoms with van der Waals surface area (Å²) in [6, 6.07) is 4.07. The number of benzene rings is 1. The van der Waals surface area contributed by atoms with Crippen LogP contribution in [0.1, 0.15) is 20.2 Å².